The summed E-state index contributed by atoms with van der Waals surface area (Å²) < 4.78 is 1.53. The number of halogens is 2. The molecule has 0 saturated heterocycles. The fraction of sp³-hybridized carbons (Fsp3) is 0.667. The van der Waals surface area contributed by atoms with Gasteiger partial charge in [0.1, 0.15) is 0 Å². The third-order valence-corrected chi connectivity index (χ3v) is 4.62. The topological polar surface area (TPSA) is 0 Å². The molecule has 0 fully saturated rings. The van der Waals surface area contributed by atoms with E-state index < -0.39 is 0 Å². The Labute approximate surface area is 119 Å². The molecule has 15 heavy (non-hydrogen) atoms. The molecule has 0 atom stereocenters. The van der Waals surface area contributed by atoms with Crippen LogP contribution in [0.4, 0.5) is 0 Å². The van der Waals surface area contributed by atoms with Gasteiger partial charge in [0, 0.05) is 0 Å². The van der Waals surface area contributed by atoms with Crippen molar-refractivity contribution in [3.05, 3.63) is 20.6 Å². The van der Waals surface area contributed by atoms with Crippen LogP contribution in [0.25, 0.3) is 0 Å². The molecule has 0 unspecified atom stereocenters. The SMILES string of the molecule is CC.CC1=C(C)C(C)(C)[C]([Ti])=C1C.Cl.Cl. The maximum Gasteiger partial charge on any atom is -0.147 e. The van der Waals surface area contributed by atoms with E-state index in [1.807, 2.05) is 13.8 Å². The summed E-state index contributed by atoms with van der Waals surface area (Å²) in [5.41, 5.74) is 4.83. The van der Waals surface area contributed by atoms with Crippen LogP contribution in [-0.2, 0) is 20.4 Å². The average Bonchev–Trinajstić information content (AvgIpc) is 2.25. The monoisotopic (exact) mass is 285 g/mol. The second-order valence-corrected chi connectivity index (χ2v) is 4.66. The van der Waals surface area contributed by atoms with Crippen LogP contribution in [0.3, 0.4) is 0 Å². The van der Waals surface area contributed by atoms with Crippen LogP contribution in [0.2, 0.25) is 0 Å². The van der Waals surface area contributed by atoms with Crippen molar-refractivity contribution in [1.82, 2.24) is 0 Å². The third-order valence-electron chi connectivity index (χ3n) is 3.06. The molecule has 0 nitrogen and oxygen atoms in total. The molecule has 1 aliphatic carbocycles. The standard InChI is InChI=1S/C10H15.C2H6.2ClH.Ti/c1-7-6-10(4,5)9(3)8(7)2;1-2;;;/h1-5H3;1-2H3;2*1H;. The van der Waals surface area contributed by atoms with Crippen molar-refractivity contribution in [2.45, 2.75) is 48.5 Å². The van der Waals surface area contributed by atoms with Gasteiger partial charge in [-0.15, -0.1) is 24.8 Å². The Kier molecular flexibility index (Phi) is 11.2. The molecule has 0 aromatic heterocycles. The molecule has 0 amide bonds. The smallest absolute Gasteiger partial charge is 0.147 e. The van der Waals surface area contributed by atoms with Crippen LogP contribution in [0.5, 0.6) is 0 Å². The predicted molar refractivity (Wildman–Crippen MR) is 70.7 cm³/mol. The van der Waals surface area contributed by atoms with Crippen LogP contribution in [-0.4, -0.2) is 0 Å². The van der Waals surface area contributed by atoms with Crippen molar-refractivity contribution in [1.29, 1.82) is 0 Å². The van der Waals surface area contributed by atoms with Crippen molar-refractivity contribution in [3.8, 4) is 0 Å². The zero-order chi connectivity index (χ0) is 10.8. The van der Waals surface area contributed by atoms with Gasteiger partial charge in [-0.05, 0) is 0 Å². The summed E-state index contributed by atoms with van der Waals surface area (Å²) in [5.74, 6) is 0. The van der Waals surface area contributed by atoms with Crippen molar-refractivity contribution >= 4 is 24.8 Å². The number of allylic oxidation sites excluding steroid dienone is 4. The van der Waals surface area contributed by atoms with E-state index in [1.54, 1.807) is 0 Å². The van der Waals surface area contributed by atoms with Gasteiger partial charge in [0.25, 0.3) is 0 Å². The molecule has 0 spiro atoms. The molecule has 0 saturated carbocycles. The Balaban J connectivity index is -0.000000339. The van der Waals surface area contributed by atoms with Crippen molar-refractivity contribution < 1.29 is 20.4 Å². The molecular formula is C12H23Cl2Ti. The Morgan fingerprint density at radius 3 is 1.27 bits per heavy atom. The summed E-state index contributed by atoms with van der Waals surface area (Å²) in [4.78, 5) is 0. The molecule has 0 heterocycles. The predicted octanol–water partition coefficient (Wildman–Crippen LogP) is 5.05. The zero-order valence-corrected chi connectivity index (χ0v) is 14.0. The van der Waals surface area contributed by atoms with Crippen LogP contribution < -0.4 is 0 Å². The quantitative estimate of drug-likeness (QED) is 0.546. The summed E-state index contributed by atoms with van der Waals surface area (Å²) in [6.07, 6.45) is 0. The van der Waals surface area contributed by atoms with E-state index in [0.717, 1.165) is 0 Å². The average molecular weight is 286 g/mol. The van der Waals surface area contributed by atoms with E-state index in [9.17, 15) is 0 Å². The first-order valence-electron chi connectivity index (χ1n) is 5.00. The maximum atomic E-state index is 2.30. The van der Waals surface area contributed by atoms with Gasteiger partial charge < -0.3 is 0 Å². The number of hydrogen-bond donors (Lipinski definition) is 0. The van der Waals surface area contributed by atoms with Gasteiger partial charge in [0.2, 0.25) is 0 Å². The molecular weight excluding hydrogens is 263 g/mol. The largest absolute Gasteiger partial charge is 0.147 e. The molecule has 0 N–H and O–H groups in total. The first-order valence-corrected chi connectivity index (χ1v) is 5.78. The van der Waals surface area contributed by atoms with E-state index in [0.29, 0.717) is 5.41 Å². The van der Waals surface area contributed by atoms with Gasteiger partial charge in [-0.2, -0.15) is 0 Å². The minimum absolute atomic E-state index is 0. The van der Waals surface area contributed by atoms with E-state index in [2.05, 4.69) is 55.1 Å². The first-order chi connectivity index (χ1) is 5.89. The summed E-state index contributed by atoms with van der Waals surface area (Å²) in [5, 5.41) is 0. The Bertz CT molecular complexity index is 237. The second kappa shape index (κ2) is 7.95. The molecule has 0 aliphatic heterocycles. The third kappa shape index (κ3) is 3.93. The summed E-state index contributed by atoms with van der Waals surface area (Å²) >= 11 is 2.25. The van der Waals surface area contributed by atoms with E-state index in [-0.39, 0.29) is 24.8 Å². The van der Waals surface area contributed by atoms with Crippen LogP contribution in [0, 0.1) is 5.41 Å². The zero-order valence-electron chi connectivity index (χ0n) is 10.8. The van der Waals surface area contributed by atoms with Gasteiger partial charge in [0.15, 0.2) is 0 Å². The Morgan fingerprint density at radius 1 is 0.867 bits per heavy atom. The van der Waals surface area contributed by atoms with Crippen molar-refractivity contribution in [2.75, 3.05) is 0 Å². The Morgan fingerprint density at radius 2 is 1.20 bits per heavy atom. The van der Waals surface area contributed by atoms with Gasteiger partial charge in [-0.1, -0.05) is 13.8 Å². The normalized spacial score (nSPS) is 17.5. The summed E-state index contributed by atoms with van der Waals surface area (Å²) in [6, 6.07) is 0. The van der Waals surface area contributed by atoms with Crippen LogP contribution >= 0.6 is 24.8 Å². The number of hydrogen-bond acceptors (Lipinski definition) is 0. The van der Waals surface area contributed by atoms with Gasteiger partial charge in [-0.25, -0.2) is 0 Å². The van der Waals surface area contributed by atoms with E-state index >= 15 is 0 Å². The minimum atomic E-state index is 0. The molecule has 0 radical (unpaired) electrons. The molecule has 0 aromatic carbocycles. The van der Waals surface area contributed by atoms with Crippen molar-refractivity contribution in [2.24, 2.45) is 5.41 Å². The summed E-state index contributed by atoms with van der Waals surface area (Å²) in [7, 11) is 0. The molecule has 0 aromatic rings. The van der Waals surface area contributed by atoms with E-state index in [1.165, 1.54) is 20.6 Å². The summed E-state index contributed by atoms with van der Waals surface area (Å²) in [6.45, 7) is 15.3. The molecule has 0 bridgehead atoms. The molecule has 1 aliphatic rings. The van der Waals surface area contributed by atoms with Gasteiger partial charge in [0.05, 0.1) is 0 Å². The Hall–Kier alpha value is 0.774. The van der Waals surface area contributed by atoms with Crippen LogP contribution in [0.1, 0.15) is 48.5 Å². The molecule has 1 rings (SSSR count). The van der Waals surface area contributed by atoms with Gasteiger partial charge >= 0.3 is 81.1 Å². The molecule has 89 valence electrons. The number of rotatable bonds is 0. The maximum absolute atomic E-state index is 2.30. The van der Waals surface area contributed by atoms with Gasteiger partial charge in [-0.3, -0.25) is 0 Å². The van der Waals surface area contributed by atoms with E-state index in [4.69, 9.17) is 0 Å². The fourth-order valence-electron chi connectivity index (χ4n) is 1.59. The molecule has 3 heteroatoms. The second-order valence-electron chi connectivity index (χ2n) is 3.88. The van der Waals surface area contributed by atoms with Crippen LogP contribution in [0.15, 0.2) is 20.6 Å². The first kappa shape index (κ1) is 21.1. The van der Waals surface area contributed by atoms with Crippen molar-refractivity contribution in [3.63, 3.8) is 0 Å². The fourth-order valence-corrected chi connectivity index (χ4v) is 2.18. The minimum Gasteiger partial charge on any atom is -0.147 e.